The second kappa shape index (κ2) is 11.4. The summed E-state index contributed by atoms with van der Waals surface area (Å²) in [5, 5.41) is 7.79. The summed E-state index contributed by atoms with van der Waals surface area (Å²) in [6.45, 7) is 10.5. The largest absolute Gasteiger partial charge is 0.496 e. The molecule has 26 heavy (non-hydrogen) atoms. The van der Waals surface area contributed by atoms with Crippen LogP contribution in [0.2, 0.25) is 0 Å². The standard InChI is InChI=1S/C19H28N4OS.HI/c1-6-20-19(22-12-18-14(3)23-15(4)25-18)21-10-9-16-8-7-13(2)17(11-16)24-5;/h7-8,11H,6,9-10,12H2,1-5H3,(H2,20,21,22);1H. The number of hydrogen-bond acceptors (Lipinski definition) is 4. The Kier molecular flexibility index (Phi) is 9.93. The van der Waals surface area contributed by atoms with Gasteiger partial charge in [0.1, 0.15) is 5.75 Å². The molecule has 1 aromatic carbocycles. The summed E-state index contributed by atoms with van der Waals surface area (Å²) < 4.78 is 5.39. The van der Waals surface area contributed by atoms with Gasteiger partial charge in [-0.05, 0) is 51.3 Å². The van der Waals surface area contributed by atoms with E-state index >= 15 is 0 Å². The van der Waals surface area contributed by atoms with E-state index in [2.05, 4.69) is 52.7 Å². The maximum absolute atomic E-state index is 5.39. The first-order valence-electron chi connectivity index (χ1n) is 8.62. The molecule has 0 amide bonds. The van der Waals surface area contributed by atoms with Crippen LogP contribution in [-0.4, -0.2) is 31.1 Å². The number of nitrogens with one attached hydrogen (secondary N) is 2. The Bertz CT molecular complexity index is 730. The fourth-order valence-electron chi connectivity index (χ4n) is 2.56. The van der Waals surface area contributed by atoms with Gasteiger partial charge in [-0.3, -0.25) is 0 Å². The second-order valence-electron chi connectivity index (χ2n) is 5.92. The van der Waals surface area contributed by atoms with Gasteiger partial charge in [-0.2, -0.15) is 0 Å². The molecule has 144 valence electrons. The van der Waals surface area contributed by atoms with Crippen LogP contribution in [0.25, 0.3) is 0 Å². The minimum absolute atomic E-state index is 0. The first-order valence-corrected chi connectivity index (χ1v) is 9.43. The highest BCUT2D eigenvalue weighted by Crippen LogP contribution is 2.19. The fourth-order valence-corrected chi connectivity index (χ4v) is 3.42. The van der Waals surface area contributed by atoms with Gasteiger partial charge in [0.05, 0.1) is 24.4 Å². The highest BCUT2D eigenvalue weighted by atomic mass is 127. The molecular weight excluding hydrogens is 459 g/mol. The molecular formula is C19H29IN4OS. The Labute approximate surface area is 177 Å². The quantitative estimate of drug-likeness (QED) is 0.352. The van der Waals surface area contributed by atoms with Crippen molar-refractivity contribution in [1.82, 2.24) is 15.6 Å². The average molecular weight is 488 g/mol. The highest BCUT2D eigenvalue weighted by molar-refractivity contribution is 14.0. The normalized spacial score (nSPS) is 11.0. The van der Waals surface area contributed by atoms with Crippen molar-refractivity contribution in [2.24, 2.45) is 4.99 Å². The van der Waals surface area contributed by atoms with Crippen molar-refractivity contribution in [2.75, 3.05) is 20.2 Å². The number of aryl methyl sites for hydroxylation is 3. The Morgan fingerprint density at radius 1 is 1.23 bits per heavy atom. The lowest BCUT2D eigenvalue weighted by Gasteiger charge is -2.12. The molecule has 0 radical (unpaired) electrons. The first-order chi connectivity index (χ1) is 12.0. The fraction of sp³-hybridized carbons (Fsp3) is 0.474. The van der Waals surface area contributed by atoms with Crippen LogP contribution < -0.4 is 15.4 Å². The molecule has 2 aromatic rings. The predicted octanol–water partition coefficient (Wildman–Crippen LogP) is 3.99. The predicted molar refractivity (Wildman–Crippen MR) is 121 cm³/mol. The van der Waals surface area contributed by atoms with Gasteiger partial charge in [0, 0.05) is 18.0 Å². The Hall–Kier alpha value is -1.35. The van der Waals surface area contributed by atoms with E-state index in [4.69, 9.17) is 4.74 Å². The third-order valence-electron chi connectivity index (χ3n) is 3.90. The number of benzene rings is 1. The van der Waals surface area contributed by atoms with E-state index in [1.54, 1.807) is 18.4 Å². The van der Waals surface area contributed by atoms with E-state index in [1.165, 1.54) is 10.4 Å². The summed E-state index contributed by atoms with van der Waals surface area (Å²) in [5.74, 6) is 1.78. The average Bonchev–Trinajstić information content (AvgIpc) is 2.91. The molecule has 0 bridgehead atoms. The van der Waals surface area contributed by atoms with Crippen molar-refractivity contribution in [3.63, 3.8) is 0 Å². The molecule has 0 unspecified atom stereocenters. The lowest BCUT2D eigenvalue weighted by Crippen LogP contribution is -2.38. The summed E-state index contributed by atoms with van der Waals surface area (Å²) in [5.41, 5.74) is 3.48. The first kappa shape index (κ1) is 22.7. The van der Waals surface area contributed by atoms with Crippen molar-refractivity contribution >= 4 is 41.3 Å². The van der Waals surface area contributed by atoms with Crippen LogP contribution in [0.5, 0.6) is 5.75 Å². The SMILES string of the molecule is CCNC(=NCc1sc(C)nc1C)NCCc1ccc(C)c(OC)c1.I. The zero-order valence-corrected chi connectivity index (χ0v) is 19.3. The van der Waals surface area contributed by atoms with Crippen LogP contribution >= 0.6 is 35.3 Å². The summed E-state index contributed by atoms with van der Waals surface area (Å²) >= 11 is 1.71. The van der Waals surface area contributed by atoms with Crippen LogP contribution in [0, 0.1) is 20.8 Å². The van der Waals surface area contributed by atoms with Crippen LogP contribution in [0.3, 0.4) is 0 Å². The molecule has 0 saturated carbocycles. The van der Waals surface area contributed by atoms with E-state index in [9.17, 15) is 0 Å². The molecule has 1 heterocycles. The molecule has 0 atom stereocenters. The number of aliphatic imine (C=N–C) groups is 1. The van der Waals surface area contributed by atoms with Crippen LogP contribution in [0.15, 0.2) is 23.2 Å². The molecule has 0 aliphatic rings. The number of halogens is 1. The van der Waals surface area contributed by atoms with Crippen molar-refractivity contribution in [3.05, 3.63) is 44.9 Å². The molecule has 5 nitrogen and oxygen atoms in total. The zero-order valence-electron chi connectivity index (χ0n) is 16.2. The molecule has 0 aliphatic heterocycles. The van der Waals surface area contributed by atoms with Gasteiger partial charge in [-0.15, -0.1) is 35.3 Å². The van der Waals surface area contributed by atoms with Gasteiger partial charge in [0.2, 0.25) is 0 Å². The Balaban J connectivity index is 0.00000338. The summed E-state index contributed by atoms with van der Waals surface area (Å²) in [7, 11) is 1.71. The number of methoxy groups -OCH3 is 1. The number of thiazole rings is 1. The number of aromatic nitrogens is 1. The zero-order chi connectivity index (χ0) is 18.2. The van der Waals surface area contributed by atoms with E-state index in [0.29, 0.717) is 6.54 Å². The van der Waals surface area contributed by atoms with Gasteiger partial charge in [-0.25, -0.2) is 9.98 Å². The maximum atomic E-state index is 5.39. The third-order valence-corrected chi connectivity index (χ3v) is 4.96. The highest BCUT2D eigenvalue weighted by Gasteiger charge is 2.05. The van der Waals surface area contributed by atoms with Gasteiger partial charge in [0.25, 0.3) is 0 Å². The maximum Gasteiger partial charge on any atom is 0.191 e. The van der Waals surface area contributed by atoms with Crippen LogP contribution in [0.1, 0.15) is 33.6 Å². The van der Waals surface area contributed by atoms with E-state index < -0.39 is 0 Å². The van der Waals surface area contributed by atoms with E-state index in [-0.39, 0.29) is 24.0 Å². The van der Waals surface area contributed by atoms with Gasteiger partial charge >= 0.3 is 0 Å². The summed E-state index contributed by atoms with van der Waals surface area (Å²) in [6, 6.07) is 6.35. The summed E-state index contributed by atoms with van der Waals surface area (Å²) in [4.78, 5) is 10.4. The number of hydrogen-bond donors (Lipinski definition) is 2. The smallest absolute Gasteiger partial charge is 0.191 e. The Morgan fingerprint density at radius 3 is 2.62 bits per heavy atom. The molecule has 0 fully saturated rings. The van der Waals surface area contributed by atoms with Gasteiger partial charge < -0.3 is 15.4 Å². The van der Waals surface area contributed by atoms with Crippen molar-refractivity contribution < 1.29 is 4.74 Å². The van der Waals surface area contributed by atoms with Crippen molar-refractivity contribution in [1.29, 1.82) is 0 Å². The molecule has 2 N–H and O–H groups in total. The number of ether oxygens (including phenoxy) is 1. The molecule has 1 aromatic heterocycles. The van der Waals surface area contributed by atoms with Gasteiger partial charge in [-0.1, -0.05) is 12.1 Å². The Morgan fingerprint density at radius 2 is 2.00 bits per heavy atom. The molecule has 0 aliphatic carbocycles. The van der Waals surface area contributed by atoms with Gasteiger partial charge in [0.15, 0.2) is 5.96 Å². The summed E-state index contributed by atoms with van der Waals surface area (Å²) in [6.07, 6.45) is 0.916. The van der Waals surface area contributed by atoms with Crippen molar-refractivity contribution in [3.8, 4) is 5.75 Å². The minimum atomic E-state index is 0. The lowest BCUT2D eigenvalue weighted by molar-refractivity contribution is 0.411. The second-order valence-corrected chi connectivity index (χ2v) is 7.21. The van der Waals surface area contributed by atoms with Crippen LogP contribution in [0.4, 0.5) is 0 Å². The monoisotopic (exact) mass is 488 g/mol. The molecule has 0 spiro atoms. The van der Waals surface area contributed by atoms with Crippen LogP contribution in [-0.2, 0) is 13.0 Å². The third kappa shape index (κ3) is 6.75. The number of nitrogens with zero attached hydrogens (tertiary/aromatic N) is 2. The van der Waals surface area contributed by atoms with E-state index in [0.717, 1.165) is 47.5 Å². The van der Waals surface area contributed by atoms with Crippen molar-refractivity contribution in [2.45, 2.75) is 40.7 Å². The lowest BCUT2D eigenvalue weighted by atomic mass is 10.1. The molecule has 7 heteroatoms. The number of rotatable bonds is 7. The molecule has 0 saturated heterocycles. The van der Waals surface area contributed by atoms with E-state index in [1.807, 2.05) is 13.8 Å². The number of guanidine groups is 1. The topological polar surface area (TPSA) is 58.5 Å². The molecule has 2 rings (SSSR count). The minimum Gasteiger partial charge on any atom is -0.496 e.